The molecule has 0 spiro atoms. The first-order valence-corrected chi connectivity index (χ1v) is 18.1. The molecule has 12 nitrogen and oxygen atoms in total. The highest BCUT2D eigenvalue weighted by Crippen LogP contribution is 2.30. The van der Waals surface area contributed by atoms with Crippen LogP contribution in [-0.4, -0.2) is 60.7 Å². The molecule has 1 aliphatic heterocycles. The van der Waals surface area contributed by atoms with Gasteiger partial charge in [-0.2, -0.15) is 10.2 Å². The van der Waals surface area contributed by atoms with Gasteiger partial charge >= 0.3 is 0 Å². The lowest BCUT2D eigenvalue weighted by Crippen LogP contribution is -2.12. The molecule has 2 aromatic carbocycles. The minimum atomic E-state index is 0.662. The normalized spacial score (nSPS) is 13.0. The van der Waals surface area contributed by atoms with Gasteiger partial charge in [0, 0.05) is 49.3 Å². The summed E-state index contributed by atoms with van der Waals surface area (Å²) in [6.07, 6.45) is 9.47. The monoisotopic (exact) mass is 688 g/mol. The van der Waals surface area contributed by atoms with E-state index in [4.69, 9.17) is 35.0 Å². The number of hydrogen-bond acceptors (Lipinski definition) is 10. The Balaban J connectivity index is 0.920. The molecule has 9 rings (SSSR count). The van der Waals surface area contributed by atoms with E-state index < -0.39 is 0 Å². The highest BCUT2D eigenvalue weighted by molar-refractivity contribution is 5.92. The highest BCUT2D eigenvalue weighted by Gasteiger charge is 2.18. The van der Waals surface area contributed by atoms with E-state index in [1.54, 1.807) is 0 Å². The maximum Gasteiger partial charge on any atom is 0.177 e. The minimum Gasteiger partial charge on any atom is -0.383 e. The predicted molar refractivity (Wildman–Crippen MR) is 201 cm³/mol. The third kappa shape index (κ3) is 5.68. The second kappa shape index (κ2) is 12.7. The van der Waals surface area contributed by atoms with Gasteiger partial charge in [0.1, 0.15) is 0 Å². The molecule has 0 bridgehead atoms. The van der Waals surface area contributed by atoms with Gasteiger partial charge in [0.25, 0.3) is 0 Å². The standard InChI is InChI=1S/C40H40N12/c1-22-20-42-24(3)39-47-34(49-51(22)39)17-14-31-21-43-36-23(2)29(11-15-32(36)45-31)19-33-26(5)52-40(25(4)44-33)48-35(50-52)16-13-30-12-10-28-9-8-27-7-6-18-41-37(27)38(28)46-30/h8-12,15,20-21,41H,6-7,13-14,16-19H2,1-5H3. The van der Waals surface area contributed by atoms with Gasteiger partial charge < -0.3 is 5.32 Å². The van der Waals surface area contributed by atoms with E-state index in [-0.39, 0.29) is 0 Å². The molecule has 7 heterocycles. The average Bonchev–Trinajstić information content (AvgIpc) is 3.81. The average molecular weight is 689 g/mol. The molecular weight excluding hydrogens is 649 g/mol. The lowest BCUT2D eigenvalue weighted by atomic mass is 10.0. The molecule has 0 radical (unpaired) electrons. The second-order valence-electron chi connectivity index (χ2n) is 14.0. The van der Waals surface area contributed by atoms with Crippen LogP contribution in [0.15, 0.2) is 48.8 Å². The Morgan fingerprint density at radius 2 is 1.44 bits per heavy atom. The van der Waals surface area contributed by atoms with Crippen molar-refractivity contribution in [1.82, 2.24) is 54.1 Å². The van der Waals surface area contributed by atoms with Gasteiger partial charge in [-0.15, -0.1) is 0 Å². The zero-order valence-corrected chi connectivity index (χ0v) is 30.2. The van der Waals surface area contributed by atoms with Gasteiger partial charge in [-0.3, -0.25) is 19.9 Å². The first kappa shape index (κ1) is 32.0. The van der Waals surface area contributed by atoms with Crippen molar-refractivity contribution >= 4 is 38.9 Å². The molecular formula is C40H40N12. The van der Waals surface area contributed by atoms with Crippen LogP contribution in [0.25, 0.3) is 33.2 Å². The quantitative estimate of drug-likeness (QED) is 0.199. The number of anilines is 1. The Kier molecular flexibility index (Phi) is 7.82. The van der Waals surface area contributed by atoms with Crippen molar-refractivity contribution in [2.45, 2.75) is 79.6 Å². The van der Waals surface area contributed by atoms with Gasteiger partial charge in [0.15, 0.2) is 22.9 Å². The summed E-state index contributed by atoms with van der Waals surface area (Å²) in [4.78, 5) is 33.9. The fraction of sp³-hybridized carbons (Fsp3) is 0.325. The summed E-state index contributed by atoms with van der Waals surface area (Å²) in [6, 6.07) is 12.9. The molecule has 0 unspecified atom stereocenters. The van der Waals surface area contributed by atoms with E-state index in [1.807, 2.05) is 42.2 Å². The van der Waals surface area contributed by atoms with E-state index in [0.29, 0.717) is 25.7 Å². The van der Waals surface area contributed by atoms with Crippen molar-refractivity contribution in [3.8, 4) is 0 Å². The molecule has 6 aromatic heterocycles. The molecule has 0 fully saturated rings. The molecule has 0 saturated heterocycles. The van der Waals surface area contributed by atoms with Gasteiger partial charge in [0.05, 0.1) is 56.4 Å². The van der Waals surface area contributed by atoms with Crippen molar-refractivity contribution in [2.75, 3.05) is 11.9 Å². The van der Waals surface area contributed by atoms with Gasteiger partial charge in [-0.1, -0.05) is 24.3 Å². The SMILES string of the molecule is Cc1c(Cc2nc(C)c3nc(CCc4ccc5ccc6c(c5n4)NCCC6)nn3c2C)ccc2nc(CCc3nc4c(C)ncc(C)n4n3)cnc12. The lowest BCUT2D eigenvalue weighted by Gasteiger charge is -2.19. The Morgan fingerprint density at radius 1 is 0.673 bits per heavy atom. The summed E-state index contributed by atoms with van der Waals surface area (Å²) < 4.78 is 3.82. The maximum absolute atomic E-state index is 5.07. The molecule has 0 aliphatic carbocycles. The number of pyridine rings is 1. The van der Waals surface area contributed by atoms with Crippen LogP contribution in [0.4, 0.5) is 5.69 Å². The van der Waals surface area contributed by atoms with Crippen LogP contribution in [0.1, 0.15) is 74.6 Å². The number of nitrogens with one attached hydrogen (secondary N) is 1. The number of hydrogen-bond donors (Lipinski definition) is 1. The molecule has 0 amide bonds. The summed E-state index contributed by atoms with van der Waals surface area (Å²) >= 11 is 0. The molecule has 0 saturated carbocycles. The minimum absolute atomic E-state index is 0.662. The second-order valence-corrected chi connectivity index (χ2v) is 14.0. The Morgan fingerprint density at radius 3 is 2.27 bits per heavy atom. The Labute approximate surface area is 300 Å². The fourth-order valence-electron chi connectivity index (χ4n) is 7.38. The van der Waals surface area contributed by atoms with Gasteiger partial charge in [-0.05, 0) is 89.1 Å². The summed E-state index contributed by atoms with van der Waals surface area (Å²) in [6.45, 7) is 11.1. The highest BCUT2D eigenvalue weighted by atomic mass is 15.3. The van der Waals surface area contributed by atoms with Gasteiger partial charge in [-0.25, -0.2) is 24.0 Å². The number of nitrogens with zero attached hydrogens (tertiary/aromatic N) is 11. The van der Waals surface area contributed by atoms with Crippen LogP contribution < -0.4 is 5.32 Å². The summed E-state index contributed by atoms with van der Waals surface area (Å²) in [5, 5.41) is 14.4. The predicted octanol–water partition coefficient (Wildman–Crippen LogP) is 6.11. The number of rotatable bonds is 8. The number of fused-ring (bicyclic) bond motifs is 6. The van der Waals surface area contributed by atoms with Crippen LogP contribution >= 0.6 is 0 Å². The van der Waals surface area contributed by atoms with Crippen LogP contribution in [0.5, 0.6) is 0 Å². The van der Waals surface area contributed by atoms with Crippen molar-refractivity contribution in [3.05, 3.63) is 117 Å². The topological polar surface area (TPSA) is 137 Å². The van der Waals surface area contributed by atoms with E-state index in [0.717, 1.165) is 116 Å². The van der Waals surface area contributed by atoms with Crippen LogP contribution in [0, 0.1) is 34.6 Å². The largest absolute Gasteiger partial charge is 0.383 e. The van der Waals surface area contributed by atoms with Crippen LogP contribution in [0.2, 0.25) is 0 Å². The first-order chi connectivity index (χ1) is 25.3. The molecule has 1 N–H and O–H groups in total. The third-order valence-electron chi connectivity index (χ3n) is 10.4. The molecule has 260 valence electrons. The van der Waals surface area contributed by atoms with Gasteiger partial charge in [0.2, 0.25) is 0 Å². The Bertz CT molecular complexity index is 2650. The zero-order valence-electron chi connectivity index (χ0n) is 30.2. The molecule has 8 aromatic rings. The number of aromatic nitrogens is 11. The van der Waals surface area contributed by atoms with E-state index in [2.05, 4.69) is 65.6 Å². The van der Waals surface area contributed by atoms with Crippen LogP contribution in [-0.2, 0) is 38.5 Å². The van der Waals surface area contributed by atoms with E-state index in [1.165, 1.54) is 16.6 Å². The zero-order chi connectivity index (χ0) is 35.5. The molecule has 52 heavy (non-hydrogen) atoms. The molecule has 1 aliphatic rings. The van der Waals surface area contributed by atoms with Crippen LogP contribution in [0.3, 0.4) is 0 Å². The van der Waals surface area contributed by atoms with Crippen molar-refractivity contribution in [1.29, 1.82) is 0 Å². The lowest BCUT2D eigenvalue weighted by molar-refractivity contribution is 0.796. The summed E-state index contributed by atoms with van der Waals surface area (Å²) in [7, 11) is 0. The number of benzene rings is 2. The third-order valence-corrected chi connectivity index (χ3v) is 10.4. The Hall–Kier alpha value is -5.91. The smallest absolute Gasteiger partial charge is 0.177 e. The van der Waals surface area contributed by atoms with E-state index in [9.17, 15) is 0 Å². The summed E-state index contributed by atoms with van der Waals surface area (Å²) in [5.41, 5.74) is 15.9. The first-order valence-electron chi connectivity index (χ1n) is 18.1. The summed E-state index contributed by atoms with van der Waals surface area (Å²) in [5.74, 6) is 1.58. The van der Waals surface area contributed by atoms with Crippen molar-refractivity contribution in [2.24, 2.45) is 0 Å². The maximum atomic E-state index is 5.07. The number of aryl methyl sites for hydroxylation is 10. The molecule has 0 atom stereocenters. The van der Waals surface area contributed by atoms with Crippen molar-refractivity contribution < 1.29 is 0 Å². The van der Waals surface area contributed by atoms with E-state index >= 15 is 0 Å². The molecule has 12 heteroatoms. The van der Waals surface area contributed by atoms with Crippen molar-refractivity contribution in [3.63, 3.8) is 0 Å². The fourth-order valence-corrected chi connectivity index (χ4v) is 7.38.